The number of H-pyrrole nitrogens is 1. The van der Waals surface area contributed by atoms with Crippen molar-refractivity contribution in [1.29, 1.82) is 0 Å². The lowest BCUT2D eigenvalue weighted by Crippen LogP contribution is -2.29. The fraction of sp³-hybridized carbons (Fsp3) is 0.273. The summed E-state index contributed by atoms with van der Waals surface area (Å²) in [5.74, 6) is -0.695. The number of carbonyl (C=O) groups is 2. The summed E-state index contributed by atoms with van der Waals surface area (Å²) in [5, 5.41) is 7.64. The Hall–Kier alpha value is -2.79. The lowest BCUT2D eigenvalue weighted by Gasteiger charge is -2.09. The lowest BCUT2D eigenvalue weighted by atomic mass is 10.1. The van der Waals surface area contributed by atoms with Gasteiger partial charge in [-0.2, -0.15) is 0 Å². The van der Waals surface area contributed by atoms with Crippen molar-refractivity contribution >= 4 is 40.0 Å². The molecule has 5 nitrogen and oxygen atoms in total. The average Bonchev–Trinajstić information content (AvgIpc) is 3.40. The number of anilines is 1. The van der Waals surface area contributed by atoms with Gasteiger partial charge in [0.15, 0.2) is 0 Å². The molecule has 2 aromatic carbocycles. The van der Waals surface area contributed by atoms with Crippen LogP contribution in [0.2, 0.25) is 5.02 Å². The summed E-state index contributed by atoms with van der Waals surface area (Å²) in [7, 11) is 0. The van der Waals surface area contributed by atoms with Gasteiger partial charge >= 0.3 is 0 Å². The number of hydrogen-bond acceptors (Lipinski definition) is 2. The molecule has 2 amide bonds. The number of halogens is 1. The standard InChI is InChI=1S/C22H22ClN3O2/c1-13-18(23)6-4-8-19(13)26-22(28)17-11-16(17)21(27)24-10-9-14-12-25-20-7-3-2-5-15(14)20/h2-8,12,16-17,25H,9-11H2,1H3,(H,24,27)(H,26,28). The first kappa shape index (κ1) is 18.6. The molecule has 1 aromatic heterocycles. The molecule has 2 atom stereocenters. The van der Waals surface area contributed by atoms with Crippen LogP contribution in [0.3, 0.4) is 0 Å². The average molecular weight is 396 g/mol. The number of para-hydroxylation sites is 1. The van der Waals surface area contributed by atoms with E-state index < -0.39 is 0 Å². The van der Waals surface area contributed by atoms with Crippen molar-refractivity contribution in [1.82, 2.24) is 10.3 Å². The number of amides is 2. The van der Waals surface area contributed by atoms with Crippen LogP contribution in [-0.2, 0) is 16.0 Å². The highest BCUT2D eigenvalue weighted by molar-refractivity contribution is 6.31. The second-order valence-electron chi connectivity index (χ2n) is 7.25. The highest BCUT2D eigenvalue weighted by atomic mass is 35.5. The predicted octanol–water partition coefficient (Wildman–Crippen LogP) is 4.06. The van der Waals surface area contributed by atoms with Crippen LogP contribution in [-0.4, -0.2) is 23.3 Å². The van der Waals surface area contributed by atoms with E-state index in [0.717, 1.165) is 17.5 Å². The summed E-state index contributed by atoms with van der Waals surface area (Å²) in [6.07, 6.45) is 3.32. The Labute approximate surface area is 168 Å². The summed E-state index contributed by atoms with van der Waals surface area (Å²) in [6.45, 7) is 2.42. The molecule has 4 rings (SSSR count). The second kappa shape index (κ2) is 7.68. The molecule has 1 fully saturated rings. The van der Waals surface area contributed by atoms with Crippen molar-refractivity contribution in [3.05, 3.63) is 64.8 Å². The summed E-state index contributed by atoms with van der Waals surface area (Å²) >= 11 is 6.09. The van der Waals surface area contributed by atoms with Gasteiger partial charge in [-0.3, -0.25) is 9.59 Å². The maximum absolute atomic E-state index is 12.4. The minimum Gasteiger partial charge on any atom is -0.361 e. The van der Waals surface area contributed by atoms with Gasteiger partial charge in [-0.25, -0.2) is 0 Å². The number of nitrogens with one attached hydrogen (secondary N) is 3. The normalized spacial score (nSPS) is 18.1. The zero-order chi connectivity index (χ0) is 19.7. The van der Waals surface area contributed by atoms with E-state index in [0.29, 0.717) is 23.7 Å². The molecule has 1 aliphatic carbocycles. The molecule has 1 heterocycles. The van der Waals surface area contributed by atoms with E-state index in [2.05, 4.69) is 21.7 Å². The molecule has 28 heavy (non-hydrogen) atoms. The fourth-order valence-electron chi connectivity index (χ4n) is 3.53. The third-order valence-electron chi connectivity index (χ3n) is 5.36. The highest BCUT2D eigenvalue weighted by Crippen LogP contribution is 2.40. The SMILES string of the molecule is Cc1c(Cl)cccc1NC(=O)C1CC1C(=O)NCCc1c[nH]c2ccccc12. The van der Waals surface area contributed by atoms with Crippen LogP contribution in [0.1, 0.15) is 17.5 Å². The van der Waals surface area contributed by atoms with Crippen molar-refractivity contribution in [2.75, 3.05) is 11.9 Å². The van der Waals surface area contributed by atoms with Crippen molar-refractivity contribution in [2.45, 2.75) is 19.8 Å². The van der Waals surface area contributed by atoms with E-state index in [1.54, 1.807) is 12.1 Å². The number of carbonyl (C=O) groups excluding carboxylic acids is 2. The molecule has 0 aliphatic heterocycles. The molecule has 0 saturated heterocycles. The maximum atomic E-state index is 12.4. The van der Waals surface area contributed by atoms with Crippen molar-refractivity contribution in [3.8, 4) is 0 Å². The quantitative estimate of drug-likeness (QED) is 0.588. The van der Waals surface area contributed by atoms with Crippen molar-refractivity contribution in [2.24, 2.45) is 11.8 Å². The molecule has 0 radical (unpaired) electrons. The first-order valence-corrected chi connectivity index (χ1v) is 9.81. The molecule has 144 valence electrons. The van der Waals surface area contributed by atoms with Gasteiger partial charge in [0, 0.05) is 34.4 Å². The van der Waals surface area contributed by atoms with Crippen LogP contribution in [0.15, 0.2) is 48.7 Å². The van der Waals surface area contributed by atoms with Crippen molar-refractivity contribution < 1.29 is 9.59 Å². The van der Waals surface area contributed by atoms with E-state index in [9.17, 15) is 9.59 Å². The van der Waals surface area contributed by atoms with Crippen molar-refractivity contribution in [3.63, 3.8) is 0 Å². The van der Waals surface area contributed by atoms with E-state index in [1.165, 1.54) is 10.9 Å². The van der Waals surface area contributed by atoms with Gasteiger partial charge in [-0.05, 0) is 49.1 Å². The van der Waals surface area contributed by atoms with Crippen LogP contribution in [0, 0.1) is 18.8 Å². The summed E-state index contributed by atoms with van der Waals surface area (Å²) < 4.78 is 0. The number of benzene rings is 2. The van der Waals surface area contributed by atoms with E-state index in [4.69, 9.17) is 11.6 Å². The second-order valence-corrected chi connectivity index (χ2v) is 7.66. The van der Waals surface area contributed by atoms with Crippen LogP contribution < -0.4 is 10.6 Å². The molecule has 6 heteroatoms. The molecule has 0 bridgehead atoms. The lowest BCUT2D eigenvalue weighted by molar-refractivity contribution is -0.125. The summed E-state index contributed by atoms with van der Waals surface area (Å²) in [5.41, 5.74) is 3.80. The van der Waals surface area contributed by atoms with Gasteiger partial charge < -0.3 is 15.6 Å². The molecule has 0 spiro atoms. The molecule has 2 unspecified atom stereocenters. The van der Waals surface area contributed by atoms with E-state index in [1.807, 2.05) is 37.4 Å². The Morgan fingerprint density at radius 2 is 1.89 bits per heavy atom. The predicted molar refractivity (Wildman–Crippen MR) is 111 cm³/mol. The zero-order valence-corrected chi connectivity index (χ0v) is 16.3. The van der Waals surface area contributed by atoms with E-state index >= 15 is 0 Å². The van der Waals surface area contributed by atoms with Gasteiger partial charge in [0.1, 0.15) is 0 Å². The number of rotatable bonds is 6. The molecular formula is C22H22ClN3O2. The Kier molecular flexibility index (Phi) is 5.09. The number of fused-ring (bicyclic) bond motifs is 1. The number of hydrogen-bond donors (Lipinski definition) is 3. The van der Waals surface area contributed by atoms with Crippen LogP contribution in [0.25, 0.3) is 10.9 Å². The maximum Gasteiger partial charge on any atom is 0.228 e. The molecule has 3 N–H and O–H groups in total. The van der Waals surface area contributed by atoms with Gasteiger partial charge in [0.05, 0.1) is 11.8 Å². The van der Waals surface area contributed by atoms with Gasteiger partial charge in [0.2, 0.25) is 11.8 Å². The van der Waals surface area contributed by atoms with Crippen LogP contribution >= 0.6 is 11.6 Å². The zero-order valence-electron chi connectivity index (χ0n) is 15.6. The fourth-order valence-corrected chi connectivity index (χ4v) is 3.71. The first-order chi connectivity index (χ1) is 13.5. The molecule has 1 saturated carbocycles. The summed E-state index contributed by atoms with van der Waals surface area (Å²) in [6, 6.07) is 13.5. The first-order valence-electron chi connectivity index (χ1n) is 9.43. The third-order valence-corrected chi connectivity index (χ3v) is 5.77. The van der Waals surface area contributed by atoms with Crippen LogP contribution in [0.4, 0.5) is 5.69 Å². The monoisotopic (exact) mass is 395 g/mol. The minimum atomic E-state index is -0.272. The van der Waals surface area contributed by atoms with Crippen LogP contribution in [0.5, 0.6) is 0 Å². The third kappa shape index (κ3) is 3.76. The largest absolute Gasteiger partial charge is 0.361 e. The highest BCUT2D eigenvalue weighted by Gasteiger charge is 2.47. The Morgan fingerprint density at radius 3 is 2.75 bits per heavy atom. The topological polar surface area (TPSA) is 74.0 Å². The molecule has 3 aromatic rings. The smallest absolute Gasteiger partial charge is 0.228 e. The van der Waals surface area contributed by atoms with Gasteiger partial charge in [-0.15, -0.1) is 0 Å². The minimum absolute atomic E-state index is 0.0530. The number of aromatic amines is 1. The Bertz CT molecular complexity index is 1040. The molecular weight excluding hydrogens is 374 g/mol. The molecule has 1 aliphatic rings. The Morgan fingerprint density at radius 1 is 1.11 bits per heavy atom. The van der Waals surface area contributed by atoms with Gasteiger partial charge in [0.25, 0.3) is 0 Å². The number of aromatic nitrogens is 1. The summed E-state index contributed by atoms with van der Waals surface area (Å²) in [4.78, 5) is 28.0. The van der Waals surface area contributed by atoms with E-state index in [-0.39, 0.29) is 23.7 Å². The Balaban J connectivity index is 1.27. The van der Waals surface area contributed by atoms with Gasteiger partial charge in [-0.1, -0.05) is 35.9 Å².